The lowest BCUT2D eigenvalue weighted by Gasteiger charge is -2.32. The lowest BCUT2D eigenvalue weighted by Crippen LogP contribution is -2.41. The Morgan fingerprint density at radius 3 is 2.29 bits per heavy atom. The predicted octanol–water partition coefficient (Wildman–Crippen LogP) is 2.20. The van der Waals surface area contributed by atoms with Crippen molar-refractivity contribution in [2.24, 2.45) is 0 Å². The molecule has 0 unspecified atom stereocenters. The molecule has 1 aliphatic heterocycles. The molecule has 3 rings (SSSR count). The number of methoxy groups -OCH3 is 1. The molecule has 0 atom stereocenters. The molecule has 130 valence electrons. The highest BCUT2D eigenvalue weighted by Crippen LogP contribution is 2.37. The van der Waals surface area contributed by atoms with Gasteiger partial charge in [0.25, 0.3) is 5.91 Å². The second-order valence-corrected chi connectivity index (χ2v) is 7.75. The third-order valence-electron chi connectivity index (χ3n) is 5.21. The van der Waals surface area contributed by atoms with Gasteiger partial charge in [0.1, 0.15) is 5.75 Å². The number of benzene rings is 1. The van der Waals surface area contributed by atoms with E-state index in [1.807, 2.05) is 46.8 Å². The Kier molecular flexibility index (Phi) is 4.17. The fourth-order valence-corrected chi connectivity index (χ4v) is 2.83. The SMILES string of the molecule is COc1cc(B2OC(C)(C)C(C)(C)O2)cc(C)c1C(=O)NC1CC1. The minimum Gasteiger partial charge on any atom is -0.496 e. The quantitative estimate of drug-likeness (QED) is 0.860. The van der Waals surface area contributed by atoms with Crippen molar-refractivity contribution in [3.8, 4) is 5.75 Å². The topological polar surface area (TPSA) is 56.8 Å². The van der Waals surface area contributed by atoms with Gasteiger partial charge in [0.15, 0.2) is 0 Å². The van der Waals surface area contributed by atoms with Gasteiger partial charge in [-0.2, -0.15) is 0 Å². The zero-order valence-corrected chi connectivity index (χ0v) is 15.4. The molecule has 1 aromatic carbocycles. The predicted molar refractivity (Wildman–Crippen MR) is 93.9 cm³/mol. The average Bonchev–Trinajstić information content (AvgIpc) is 3.24. The van der Waals surface area contributed by atoms with E-state index in [2.05, 4.69) is 5.32 Å². The highest BCUT2D eigenvalue weighted by Gasteiger charge is 2.52. The van der Waals surface area contributed by atoms with Crippen LogP contribution in [-0.2, 0) is 9.31 Å². The molecule has 1 amide bonds. The van der Waals surface area contributed by atoms with Crippen molar-refractivity contribution in [2.45, 2.75) is 64.7 Å². The molecule has 6 heteroatoms. The molecule has 1 aromatic rings. The normalized spacial score (nSPS) is 21.7. The van der Waals surface area contributed by atoms with Crippen LogP contribution in [0.25, 0.3) is 0 Å². The van der Waals surface area contributed by atoms with Crippen molar-refractivity contribution in [1.82, 2.24) is 5.32 Å². The van der Waals surface area contributed by atoms with Crippen molar-refractivity contribution in [3.05, 3.63) is 23.3 Å². The molecule has 2 fully saturated rings. The van der Waals surface area contributed by atoms with Crippen molar-refractivity contribution in [3.63, 3.8) is 0 Å². The summed E-state index contributed by atoms with van der Waals surface area (Å²) in [4.78, 5) is 12.5. The van der Waals surface area contributed by atoms with Crippen LogP contribution >= 0.6 is 0 Å². The van der Waals surface area contributed by atoms with Gasteiger partial charge in [-0.05, 0) is 64.6 Å². The van der Waals surface area contributed by atoms with Crippen LogP contribution in [0.15, 0.2) is 12.1 Å². The van der Waals surface area contributed by atoms with Gasteiger partial charge in [-0.15, -0.1) is 0 Å². The summed E-state index contributed by atoms with van der Waals surface area (Å²) in [6, 6.07) is 4.10. The second kappa shape index (κ2) is 5.78. The summed E-state index contributed by atoms with van der Waals surface area (Å²) in [5.74, 6) is 0.477. The number of aryl methyl sites for hydroxylation is 1. The third kappa shape index (κ3) is 3.05. The Balaban J connectivity index is 1.91. The van der Waals surface area contributed by atoms with Gasteiger partial charge in [0.05, 0.1) is 23.9 Å². The van der Waals surface area contributed by atoms with Crippen LogP contribution in [0.4, 0.5) is 0 Å². The summed E-state index contributed by atoms with van der Waals surface area (Å²) in [7, 11) is 1.11. The minimum atomic E-state index is -0.469. The molecule has 1 N–H and O–H groups in total. The standard InChI is InChI=1S/C18H26BNO4/c1-11-9-12(19-23-17(2,3)18(4,5)24-19)10-14(22-6)15(11)16(21)20-13-7-8-13/h9-10,13H,7-8H2,1-6H3,(H,20,21). The highest BCUT2D eigenvalue weighted by molar-refractivity contribution is 6.62. The first-order chi connectivity index (χ1) is 11.1. The van der Waals surface area contributed by atoms with Crippen LogP contribution in [0, 0.1) is 6.92 Å². The number of hydrogen-bond acceptors (Lipinski definition) is 4. The fourth-order valence-electron chi connectivity index (χ4n) is 2.83. The summed E-state index contributed by atoms with van der Waals surface area (Å²) >= 11 is 0. The Morgan fingerprint density at radius 1 is 1.21 bits per heavy atom. The lowest BCUT2D eigenvalue weighted by molar-refractivity contribution is 0.00578. The smallest absolute Gasteiger partial charge is 0.494 e. The van der Waals surface area contributed by atoms with E-state index in [1.54, 1.807) is 7.11 Å². The van der Waals surface area contributed by atoms with Crippen LogP contribution in [0.2, 0.25) is 0 Å². The van der Waals surface area contributed by atoms with E-state index in [0.29, 0.717) is 17.4 Å². The second-order valence-electron chi connectivity index (χ2n) is 7.75. The molecule has 2 aliphatic rings. The molecular formula is C18H26BNO4. The number of nitrogens with one attached hydrogen (secondary N) is 1. The van der Waals surface area contributed by atoms with E-state index in [-0.39, 0.29) is 5.91 Å². The molecule has 24 heavy (non-hydrogen) atoms. The maximum Gasteiger partial charge on any atom is 0.494 e. The highest BCUT2D eigenvalue weighted by atomic mass is 16.7. The molecule has 1 aliphatic carbocycles. The average molecular weight is 331 g/mol. The maximum atomic E-state index is 12.5. The molecule has 0 radical (unpaired) electrons. The van der Waals surface area contributed by atoms with Gasteiger partial charge in [0, 0.05) is 6.04 Å². The molecule has 0 bridgehead atoms. The van der Waals surface area contributed by atoms with E-state index in [4.69, 9.17) is 14.0 Å². The first-order valence-electron chi connectivity index (χ1n) is 8.49. The first-order valence-corrected chi connectivity index (χ1v) is 8.49. The number of ether oxygens (including phenoxy) is 1. The Morgan fingerprint density at radius 2 is 1.79 bits per heavy atom. The molecule has 5 nitrogen and oxygen atoms in total. The van der Waals surface area contributed by atoms with Gasteiger partial charge < -0.3 is 19.4 Å². The summed E-state index contributed by atoms with van der Waals surface area (Å²) in [5.41, 5.74) is 1.51. The lowest BCUT2D eigenvalue weighted by atomic mass is 9.77. The molecule has 1 heterocycles. The Bertz CT molecular complexity index is 651. The Labute approximate surface area is 144 Å². The first kappa shape index (κ1) is 17.3. The molecule has 1 saturated carbocycles. The van der Waals surface area contributed by atoms with Gasteiger partial charge in [-0.1, -0.05) is 6.07 Å². The largest absolute Gasteiger partial charge is 0.496 e. The third-order valence-corrected chi connectivity index (χ3v) is 5.21. The number of hydrogen-bond donors (Lipinski definition) is 1. The number of rotatable bonds is 4. The number of amides is 1. The van der Waals surface area contributed by atoms with Crippen LogP contribution in [0.5, 0.6) is 5.75 Å². The monoisotopic (exact) mass is 331 g/mol. The van der Waals surface area contributed by atoms with E-state index >= 15 is 0 Å². The van der Waals surface area contributed by atoms with E-state index in [1.165, 1.54) is 0 Å². The maximum absolute atomic E-state index is 12.5. The van der Waals surface area contributed by atoms with Crippen LogP contribution < -0.4 is 15.5 Å². The summed E-state index contributed by atoms with van der Waals surface area (Å²) in [6.07, 6.45) is 2.11. The van der Waals surface area contributed by atoms with Crippen molar-refractivity contribution >= 4 is 18.5 Å². The van der Waals surface area contributed by atoms with Crippen LogP contribution in [-0.4, -0.2) is 37.4 Å². The van der Waals surface area contributed by atoms with Crippen molar-refractivity contribution in [2.75, 3.05) is 7.11 Å². The van der Waals surface area contributed by atoms with E-state index < -0.39 is 18.3 Å². The molecular weight excluding hydrogens is 305 g/mol. The summed E-state index contributed by atoms with van der Waals surface area (Å²) in [5, 5.41) is 3.02. The zero-order chi connectivity index (χ0) is 17.7. The molecule has 0 aromatic heterocycles. The number of carbonyl (C=O) groups excluding carboxylic acids is 1. The van der Waals surface area contributed by atoms with Crippen molar-refractivity contribution in [1.29, 1.82) is 0 Å². The fraction of sp³-hybridized carbons (Fsp3) is 0.611. The van der Waals surface area contributed by atoms with Gasteiger partial charge >= 0.3 is 7.12 Å². The van der Waals surface area contributed by atoms with Gasteiger partial charge in [-0.3, -0.25) is 4.79 Å². The Hall–Kier alpha value is -1.53. The molecule has 0 spiro atoms. The van der Waals surface area contributed by atoms with Crippen LogP contribution in [0.3, 0.4) is 0 Å². The van der Waals surface area contributed by atoms with E-state index in [9.17, 15) is 4.79 Å². The molecule has 1 saturated heterocycles. The van der Waals surface area contributed by atoms with Gasteiger partial charge in [0.2, 0.25) is 0 Å². The summed E-state index contributed by atoms with van der Waals surface area (Å²) < 4.78 is 17.7. The van der Waals surface area contributed by atoms with Gasteiger partial charge in [-0.25, -0.2) is 0 Å². The van der Waals surface area contributed by atoms with Crippen LogP contribution in [0.1, 0.15) is 56.5 Å². The number of carbonyl (C=O) groups is 1. The van der Waals surface area contributed by atoms with Crippen molar-refractivity contribution < 1.29 is 18.8 Å². The van der Waals surface area contributed by atoms with E-state index in [0.717, 1.165) is 23.9 Å². The summed E-state index contributed by atoms with van der Waals surface area (Å²) in [6.45, 7) is 10.0. The zero-order valence-electron chi connectivity index (χ0n) is 15.4. The minimum absolute atomic E-state index is 0.0766.